The lowest BCUT2D eigenvalue weighted by molar-refractivity contribution is -0.146. The fraction of sp³-hybridized carbons (Fsp3) is 0.217. The van der Waals surface area contributed by atoms with Gasteiger partial charge in [-0.3, -0.25) is 0 Å². The van der Waals surface area contributed by atoms with Crippen molar-refractivity contribution in [1.29, 1.82) is 0 Å². The fourth-order valence-electron chi connectivity index (χ4n) is 3.51. The molecule has 0 saturated carbocycles. The van der Waals surface area contributed by atoms with Crippen molar-refractivity contribution in [3.8, 4) is 23.0 Å². The molecule has 42 heavy (non-hydrogen) atoms. The van der Waals surface area contributed by atoms with Crippen molar-refractivity contribution in [3.05, 3.63) is 70.3 Å². The van der Waals surface area contributed by atoms with Crippen LogP contribution in [0.25, 0.3) is 0 Å². The van der Waals surface area contributed by atoms with E-state index in [-0.39, 0.29) is 42.5 Å². The Morgan fingerprint density at radius 3 is 1.14 bits per heavy atom. The molecule has 0 amide bonds. The molecule has 0 bridgehead atoms. The zero-order chi connectivity index (χ0) is 32.2. The average molecular weight is 632 g/mol. The Balaban J connectivity index is 2.40. The number of alkyl halides is 15. The van der Waals surface area contributed by atoms with E-state index in [4.69, 9.17) is 11.5 Å². The molecule has 0 aromatic heterocycles. The first-order valence-electron chi connectivity index (χ1n) is 10.5. The van der Waals surface area contributed by atoms with Crippen LogP contribution in [0.5, 0.6) is 23.0 Å². The molecular formula is C23H11F15N2O2. The van der Waals surface area contributed by atoms with Gasteiger partial charge < -0.3 is 20.9 Å². The molecule has 4 nitrogen and oxygen atoms in total. The molecule has 0 fully saturated rings. The lowest BCUT2D eigenvalue weighted by atomic mass is 10.0. The van der Waals surface area contributed by atoms with Crippen LogP contribution in [0.3, 0.4) is 0 Å². The van der Waals surface area contributed by atoms with Crippen LogP contribution in [0.1, 0.15) is 27.8 Å². The second kappa shape index (κ2) is 10.3. The van der Waals surface area contributed by atoms with Crippen molar-refractivity contribution in [2.45, 2.75) is 30.9 Å². The highest BCUT2D eigenvalue weighted by Crippen LogP contribution is 2.53. The number of benzene rings is 3. The molecule has 0 aliphatic rings. The van der Waals surface area contributed by atoms with Gasteiger partial charge in [-0.1, -0.05) is 0 Å². The predicted molar refractivity (Wildman–Crippen MR) is 113 cm³/mol. The van der Waals surface area contributed by atoms with E-state index in [9.17, 15) is 65.9 Å². The minimum atomic E-state index is -5.76. The summed E-state index contributed by atoms with van der Waals surface area (Å²) < 4.78 is 213. The van der Waals surface area contributed by atoms with Gasteiger partial charge in [0.15, 0.2) is 23.0 Å². The van der Waals surface area contributed by atoms with E-state index in [1.807, 2.05) is 0 Å². The summed E-state index contributed by atoms with van der Waals surface area (Å²) in [7, 11) is 0. The largest absolute Gasteiger partial charge is 0.452 e. The first kappa shape index (κ1) is 32.3. The molecule has 230 valence electrons. The van der Waals surface area contributed by atoms with Gasteiger partial charge in [0.05, 0.1) is 16.7 Å². The monoisotopic (exact) mass is 632 g/mol. The number of anilines is 2. The summed E-state index contributed by atoms with van der Waals surface area (Å²) in [6.07, 6.45) is -28.2. The Labute approximate surface area is 223 Å². The zero-order valence-electron chi connectivity index (χ0n) is 19.7. The highest BCUT2D eigenvalue weighted by Gasteiger charge is 2.46. The molecular weight excluding hydrogens is 621 g/mol. The summed E-state index contributed by atoms with van der Waals surface area (Å²) in [5.74, 6) is -7.83. The molecule has 0 heterocycles. The molecule has 0 aliphatic carbocycles. The van der Waals surface area contributed by atoms with Crippen molar-refractivity contribution < 1.29 is 75.3 Å². The van der Waals surface area contributed by atoms with Gasteiger partial charge >= 0.3 is 30.9 Å². The third kappa shape index (κ3) is 6.64. The summed E-state index contributed by atoms with van der Waals surface area (Å²) in [4.78, 5) is 0. The van der Waals surface area contributed by atoms with Crippen LogP contribution in [0.2, 0.25) is 0 Å². The average Bonchev–Trinajstić information content (AvgIpc) is 2.76. The molecule has 0 unspecified atom stereocenters. The number of halogens is 15. The first-order valence-corrected chi connectivity index (χ1v) is 10.5. The van der Waals surface area contributed by atoms with E-state index in [0.29, 0.717) is 0 Å². The van der Waals surface area contributed by atoms with Crippen molar-refractivity contribution >= 4 is 11.4 Å². The molecule has 0 saturated heterocycles. The molecule has 0 spiro atoms. The van der Waals surface area contributed by atoms with Crippen LogP contribution in [0.15, 0.2) is 42.5 Å². The van der Waals surface area contributed by atoms with Gasteiger partial charge in [0.1, 0.15) is 11.1 Å². The van der Waals surface area contributed by atoms with Gasteiger partial charge in [-0.05, 0) is 42.5 Å². The lowest BCUT2D eigenvalue weighted by Crippen LogP contribution is -2.17. The summed E-state index contributed by atoms with van der Waals surface area (Å²) in [6, 6.07) is -0.0220. The molecule has 3 aromatic rings. The van der Waals surface area contributed by atoms with Crippen LogP contribution in [-0.4, -0.2) is 0 Å². The van der Waals surface area contributed by atoms with E-state index in [1.165, 1.54) is 0 Å². The molecule has 0 radical (unpaired) electrons. The Kier molecular flexibility index (Phi) is 7.90. The van der Waals surface area contributed by atoms with Gasteiger partial charge in [-0.25, -0.2) is 0 Å². The van der Waals surface area contributed by atoms with Gasteiger partial charge in [0.25, 0.3) is 0 Å². The minimum Gasteiger partial charge on any atom is -0.452 e. The van der Waals surface area contributed by atoms with E-state index in [2.05, 4.69) is 9.47 Å². The van der Waals surface area contributed by atoms with Crippen molar-refractivity contribution in [1.82, 2.24) is 0 Å². The van der Waals surface area contributed by atoms with Crippen molar-refractivity contribution in [2.75, 3.05) is 11.5 Å². The quantitative estimate of drug-likeness (QED) is 0.222. The third-order valence-electron chi connectivity index (χ3n) is 5.25. The smallest absolute Gasteiger partial charge is 0.421 e. The normalized spacial score (nSPS) is 13.3. The van der Waals surface area contributed by atoms with Gasteiger partial charge in [0, 0.05) is 11.4 Å². The SMILES string of the molecule is Nc1ccc(C(F)(F)F)c(Oc2ccc(C(F)(F)F)cc2Oc2c(C(F)(F)F)ccc(N)c2C(F)(F)F)c1C(F)(F)F. The Morgan fingerprint density at radius 2 is 0.810 bits per heavy atom. The Morgan fingerprint density at radius 1 is 0.429 bits per heavy atom. The summed E-state index contributed by atoms with van der Waals surface area (Å²) >= 11 is 0. The number of hydrogen-bond donors (Lipinski definition) is 2. The van der Waals surface area contributed by atoms with Crippen molar-refractivity contribution in [3.63, 3.8) is 0 Å². The standard InChI is InChI=1S/C23H11F15N2O2/c24-19(25,26)8-1-6-13(41-17-9(20(27,28)29)2-4-11(39)15(17)22(33,34)35)14(7-8)42-18-10(21(30,31)32)3-5-12(40)16(18)23(36,37)38/h1-7H,39-40H2. The number of rotatable bonds is 4. The molecule has 3 rings (SSSR count). The van der Waals surface area contributed by atoms with Crippen molar-refractivity contribution in [2.24, 2.45) is 0 Å². The lowest BCUT2D eigenvalue weighted by Gasteiger charge is -2.24. The van der Waals surface area contributed by atoms with Crippen LogP contribution in [0, 0.1) is 0 Å². The van der Waals surface area contributed by atoms with Crippen LogP contribution < -0.4 is 20.9 Å². The molecule has 19 heteroatoms. The second-order valence-corrected chi connectivity index (χ2v) is 8.17. The maximum absolute atomic E-state index is 13.7. The maximum atomic E-state index is 13.7. The second-order valence-electron chi connectivity index (χ2n) is 8.17. The van der Waals surface area contributed by atoms with Crippen LogP contribution in [0.4, 0.5) is 77.2 Å². The number of nitrogen functional groups attached to an aromatic ring is 2. The van der Waals surface area contributed by atoms with E-state index < -0.39 is 93.1 Å². The fourth-order valence-corrected chi connectivity index (χ4v) is 3.51. The van der Waals surface area contributed by atoms with E-state index in [0.717, 1.165) is 0 Å². The zero-order valence-corrected chi connectivity index (χ0v) is 19.7. The van der Waals surface area contributed by atoms with Crippen LogP contribution in [-0.2, 0) is 30.9 Å². The predicted octanol–water partition coefficient (Wildman–Crippen LogP) is 9.53. The molecule has 4 N–H and O–H groups in total. The van der Waals surface area contributed by atoms with E-state index >= 15 is 0 Å². The molecule has 0 atom stereocenters. The topological polar surface area (TPSA) is 70.5 Å². The van der Waals surface area contributed by atoms with Gasteiger partial charge in [0.2, 0.25) is 0 Å². The number of ether oxygens (including phenoxy) is 2. The highest BCUT2D eigenvalue weighted by atomic mass is 19.4. The Hall–Kier alpha value is -4.19. The van der Waals surface area contributed by atoms with E-state index in [1.54, 1.807) is 0 Å². The van der Waals surface area contributed by atoms with Crippen LogP contribution >= 0.6 is 0 Å². The summed E-state index contributed by atoms with van der Waals surface area (Å²) in [5.41, 5.74) is -3.49. The number of hydrogen-bond acceptors (Lipinski definition) is 4. The molecule has 0 aliphatic heterocycles. The summed E-state index contributed by atoms with van der Waals surface area (Å²) in [6.45, 7) is 0. The third-order valence-corrected chi connectivity index (χ3v) is 5.25. The maximum Gasteiger partial charge on any atom is 0.421 e. The summed E-state index contributed by atoms with van der Waals surface area (Å²) in [5, 5.41) is 0. The molecule has 3 aromatic carbocycles. The highest BCUT2D eigenvalue weighted by molar-refractivity contribution is 5.64. The van der Waals surface area contributed by atoms with Gasteiger partial charge in [-0.15, -0.1) is 0 Å². The number of nitrogens with two attached hydrogens (primary N) is 2. The van der Waals surface area contributed by atoms with Gasteiger partial charge in [-0.2, -0.15) is 65.9 Å². The minimum absolute atomic E-state index is 0.00368. The first-order chi connectivity index (χ1) is 18.8. The Bertz CT molecular complexity index is 1480.